The Morgan fingerprint density at radius 1 is 1.00 bits per heavy atom. The van der Waals surface area contributed by atoms with Gasteiger partial charge in [-0.05, 0) is 87.0 Å². The average molecular weight is 454 g/mol. The van der Waals surface area contributed by atoms with Crippen molar-refractivity contribution in [2.45, 2.75) is 84.1 Å². The van der Waals surface area contributed by atoms with Crippen molar-refractivity contribution in [3.8, 4) is 0 Å². The van der Waals surface area contributed by atoms with Crippen LogP contribution in [0.5, 0.6) is 0 Å². The molecular formula is C28H43N3O2. The van der Waals surface area contributed by atoms with Crippen LogP contribution in [0.15, 0.2) is 24.3 Å². The maximum atomic E-state index is 12.5. The number of nitrogens with one attached hydrogen (secondary N) is 1. The summed E-state index contributed by atoms with van der Waals surface area (Å²) in [7, 11) is 0. The molecule has 2 heterocycles. The van der Waals surface area contributed by atoms with Crippen LogP contribution in [0.25, 0.3) is 0 Å². The highest BCUT2D eigenvalue weighted by molar-refractivity contribution is 5.81. The van der Waals surface area contributed by atoms with E-state index in [1.54, 1.807) is 6.92 Å². The van der Waals surface area contributed by atoms with Gasteiger partial charge in [-0.15, -0.1) is 0 Å². The average Bonchev–Trinajstić information content (AvgIpc) is 2.80. The molecule has 0 aromatic heterocycles. The number of fused-ring (bicyclic) bond motifs is 2. The third-order valence-corrected chi connectivity index (χ3v) is 8.41. The number of amides is 2. The molecule has 3 aliphatic rings. The van der Waals surface area contributed by atoms with Gasteiger partial charge in [0.15, 0.2) is 0 Å². The van der Waals surface area contributed by atoms with Crippen LogP contribution in [-0.2, 0) is 15.0 Å². The Balaban J connectivity index is 1.28. The molecule has 0 bridgehead atoms. The van der Waals surface area contributed by atoms with E-state index in [4.69, 9.17) is 0 Å². The van der Waals surface area contributed by atoms with Crippen LogP contribution in [0.1, 0.15) is 89.8 Å². The van der Waals surface area contributed by atoms with Crippen LogP contribution < -0.4 is 5.32 Å². The summed E-state index contributed by atoms with van der Waals surface area (Å²) in [6, 6.07) is 8.98. The van der Waals surface area contributed by atoms with Gasteiger partial charge >= 0.3 is 0 Å². The molecule has 1 aliphatic carbocycles. The van der Waals surface area contributed by atoms with Gasteiger partial charge in [0.2, 0.25) is 11.8 Å². The van der Waals surface area contributed by atoms with E-state index < -0.39 is 0 Å². The number of carbonyl (C=O) groups excluding carboxylic acids is 2. The highest BCUT2D eigenvalue weighted by Gasteiger charge is 2.42. The first-order chi connectivity index (χ1) is 15.7. The van der Waals surface area contributed by atoms with Crippen LogP contribution in [0.4, 0.5) is 0 Å². The molecule has 2 amide bonds. The molecule has 5 nitrogen and oxygen atoms in total. The lowest BCUT2D eigenvalue weighted by Crippen LogP contribution is -2.47. The second-order valence-corrected chi connectivity index (χ2v) is 11.8. The molecular weight excluding hydrogens is 410 g/mol. The number of rotatable bonds is 4. The SMILES string of the molecule is CC(=O)NC1CCC2(CCN(CCC3CCN(C(=O)C(C)(C)C)CC3)CC2)c2ccccc21. The van der Waals surface area contributed by atoms with Crippen LogP contribution in [0.2, 0.25) is 0 Å². The zero-order valence-corrected chi connectivity index (χ0v) is 21.2. The molecule has 0 radical (unpaired) electrons. The Morgan fingerprint density at radius 2 is 1.67 bits per heavy atom. The summed E-state index contributed by atoms with van der Waals surface area (Å²) in [6.45, 7) is 13.1. The van der Waals surface area contributed by atoms with E-state index in [0.717, 1.165) is 38.3 Å². The summed E-state index contributed by atoms with van der Waals surface area (Å²) in [6.07, 6.45) is 8.21. The highest BCUT2D eigenvalue weighted by Crippen LogP contribution is 2.48. The van der Waals surface area contributed by atoms with E-state index in [9.17, 15) is 9.59 Å². The fraction of sp³-hybridized carbons (Fsp3) is 0.714. The van der Waals surface area contributed by atoms with Gasteiger partial charge in [-0.1, -0.05) is 45.0 Å². The number of likely N-dealkylation sites (tertiary alicyclic amines) is 2. The predicted molar refractivity (Wildman–Crippen MR) is 133 cm³/mol. The Kier molecular flexibility index (Phi) is 7.18. The molecule has 1 atom stereocenters. The van der Waals surface area contributed by atoms with Gasteiger partial charge in [-0.2, -0.15) is 0 Å². The van der Waals surface area contributed by atoms with Crippen LogP contribution in [0.3, 0.4) is 0 Å². The van der Waals surface area contributed by atoms with Gasteiger partial charge in [-0.3, -0.25) is 9.59 Å². The standard InChI is InChI=1S/C28H43N3O2/c1-21(32)29-25-9-13-28(24-8-6-5-7-23(24)25)14-19-30(20-15-28)16-10-22-11-17-31(18-12-22)26(33)27(2,3)4/h5-8,22,25H,9-20H2,1-4H3,(H,29,32). The van der Waals surface area contributed by atoms with Crippen molar-refractivity contribution in [3.63, 3.8) is 0 Å². The smallest absolute Gasteiger partial charge is 0.227 e. The van der Waals surface area contributed by atoms with Gasteiger partial charge in [0.05, 0.1) is 6.04 Å². The maximum Gasteiger partial charge on any atom is 0.227 e. The van der Waals surface area contributed by atoms with Gasteiger partial charge in [0, 0.05) is 25.4 Å². The van der Waals surface area contributed by atoms with E-state index in [2.05, 4.69) is 39.4 Å². The molecule has 1 spiro atoms. The van der Waals surface area contributed by atoms with Crippen LogP contribution in [0, 0.1) is 11.3 Å². The lowest BCUT2D eigenvalue weighted by Gasteiger charge is -2.47. The number of hydrogen-bond donors (Lipinski definition) is 1. The van der Waals surface area contributed by atoms with Crippen molar-refractivity contribution < 1.29 is 9.59 Å². The van der Waals surface area contributed by atoms with Gasteiger partial charge in [0.1, 0.15) is 0 Å². The van der Waals surface area contributed by atoms with Gasteiger partial charge in [-0.25, -0.2) is 0 Å². The van der Waals surface area contributed by atoms with Crippen molar-refractivity contribution in [2.75, 3.05) is 32.7 Å². The van der Waals surface area contributed by atoms with Crippen molar-refractivity contribution in [3.05, 3.63) is 35.4 Å². The van der Waals surface area contributed by atoms with E-state index in [-0.39, 0.29) is 22.8 Å². The number of piperidine rings is 2. The minimum atomic E-state index is -0.267. The number of hydrogen-bond acceptors (Lipinski definition) is 3. The molecule has 4 rings (SSSR count). The first kappa shape index (κ1) is 24.3. The van der Waals surface area contributed by atoms with E-state index in [0.29, 0.717) is 5.91 Å². The minimum absolute atomic E-state index is 0.0641. The summed E-state index contributed by atoms with van der Waals surface area (Å²) in [5, 5.41) is 3.17. The first-order valence-corrected chi connectivity index (χ1v) is 13.1. The fourth-order valence-electron chi connectivity index (χ4n) is 6.38. The summed E-state index contributed by atoms with van der Waals surface area (Å²) in [4.78, 5) is 29.0. The van der Waals surface area contributed by atoms with Crippen molar-refractivity contribution in [2.24, 2.45) is 11.3 Å². The molecule has 1 N–H and O–H groups in total. The van der Waals surface area contributed by atoms with E-state index >= 15 is 0 Å². The Hall–Kier alpha value is -1.88. The van der Waals surface area contributed by atoms with Gasteiger partial charge in [0.25, 0.3) is 0 Å². The predicted octanol–water partition coefficient (Wildman–Crippen LogP) is 4.67. The number of benzene rings is 1. The Morgan fingerprint density at radius 3 is 2.30 bits per heavy atom. The Bertz CT molecular complexity index is 843. The maximum absolute atomic E-state index is 12.5. The highest BCUT2D eigenvalue weighted by atomic mass is 16.2. The fourth-order valence-corrected chi connectivity index (χ4v) is 6.38. The first-order valence-electron chi connectivity index (χ1n) is 13.1. The molecule has 0 saturated carbocycles. The van der Waals surface area contributed by atoms with Crippen molar-refractivity contribution in [1.82, 2.24) is 15.1 Å². The molecule has 1 aromatic carbocycles. The molecule has 2 aliphatic heterocycles. The summed E-state index contributed by atoms with van der Waals surface area (Å²) >= 11 is 0. The molecule has 182 valence electrons. The number of carbonyl (C=O) groups is 2. The van der Waals surface area contributed by atoms with Crippen LogP contribution >= 0.6 is 0 Å². The summed E-state index contributed by atoms with van der Waals surface area (Å²) in [5.74, 6) is 1.11. The number of nitrogens with zero attached hydrogens (tertiary/aromatic N) is 2. The molecule has 1 unspecified atom stereocenters. The van der Waals surface area contributed by atoms with E-state index in [1.165, 1.54) is 56.4 Å². The molecule has 2 saturated heterocycles. The minimum Gasteiger partial charge on any atom is -0.350 e. The quantitative estimate of drug-likeness (QED) is 0.721. The third kappa shape index (κ3) is 5.45. The second kappa shape index (κ2) is 9.77. The Labute approximate surface area is 200 Å². The lowest BCUT2D eigenvalue weighted by molar-refractivity contribution is -0.141. The largest absolute Gasteiger partial charge is 0.350 e. The van der Waals surface area contributed by atoms with Crippen LogP contribution in [-0.4, -0.2) is 54.3 Å². The van der Waals surface area contributed by atoms with Crippen molar-refractivity contribution in [1.29, 1.82) is 0 Å². The molecule has 2 fully saturated rings. The zero-order chi connectivity index (χ0) is 23.6. The molecule has 5 heteroatoms. The second-order valence-electron chi connectivity index (χ2n) is 11.8. The summed E-state index contributed by atoms with van der Waals surface area (Å²) in [5.41, 5.74) is 2.83. The topological polar surface area (TPSA) is 52.7 Å². The molecule has 1 aromatic rings. The lowest BCUT2D eigenvalue weighted by atomic mass is 9.63. The monoisotopic (exact) mass is 453 g/mol. The third-order valence-electron chi connectivity index (χ3n) is 8.41. The summed E-state index contributed by atoms with van der Waals surface area (Å²) < 4.78 is 0. The normalized spacial score (nSPS) is 23.9. The molecule has 33 heavy (non-hydrogen) atoms. The van der Waals surface area contributed by atoms with E-state index in [1.807, 2.05) is 20.8 Å². The zero-order valence-electron chi connectivity index (χ0n) is 21.2. The van der Waals surface area contributed by atoms with Gasteiger partial charge < -0.3 is 15.1 Å². The van der Waals surface area contributed by atoms with Crippen molar-refractivity contribution >= 4 is 11.8 Å².